The number of benzene rings is 2. The van der Waals surface area contributed by atoms with Crippen LogP contribution in [0.25, 0.3) is 0 Å². The Morgan fingerprint density at radius 2 is 1.52 bits per heavy atom. The molecule has 0 aromatic heterocycles. The molecule has 0 bridgehead atoms. The molecule has 2 aromatic rings. The summed E-state index contributed by atoms with van der Waals surface area (Å²) >= 11 is 0. The number of aliphatic hydroxyl groups excluding tert-OH is 2. The third-order valence-corrected chi connectivity index (χ3v) is 9.39. The van der Waals surface area contributed by atoms with Gasteiger partial charge in [-0.1, -0.05) is 24.3 Å². The van der Waals surface area contributed by atoms with E-state index in [1.165, 1.54) is 0 Å². The van der Waals surface area contributed by atoms with Gasteiger partial charge in [-0.25, -0.2) is 0 Å². The van der Waals surface area contributed by atoms with E-state index >= 15 is 0 Å². The predicted octanol–water partition coefficient (Wildman–Crippen LogP) is 3.38. The molecule has 2 N–H and O–H groups in total. The molecular weight excluding hydrogens is 544 g/mol. The average Bonchev–Trinajstić information content (AvgIpc) is 3.74. The maximum absolute atomic E-state index is 11.4. The maximum Gasteiger partial charge on any atom is 0.306 e. The Morgan fingerprint density at radius 1 is 0.833 bits per heavy atom. The number of hydrogen-bond acceptors (Lipinski definition) is 10. The molecule has 42 heavy (non-hydrogen) atoms. The first-order valence-electron chi connectivity index (χ1n) is 14.7. The molecule has 4 unspecified atom stereocenters. The number of fused-ring (bicyclic) bond motifs is 4. The van der Waals surface area contributed by atoms with Crippen molar-refractivity contribution in [2.75, 3.05) is 27.4 Å². The average molecular weight is 585 g/mol. The summed E-state index contributed by atoms with van der Waals surface area (Å²) < 4.78 is 39.0. The predicted molar refractivity (Wildman–Crippen MR) is 148 cm³/mol. The monoisotopic (exact) mass is 584 g/mol. The van der Waals surface area contributed by atoms with E-state index in [0.717, 1.165) is 35.5 Å². The van der Waals surface area contributed by atoms with Crippen LogP contribution in [0.2, 0.25) is 0 Å². The quantitative estimate of drug-likeness (QED) is 0.469. The fourth-order valence-corrected chi connectivity index (χ4v) is 7.15. The number of carbonyl (C=O) groups excluding carboxylic acids is 1. The van der Waals surface area contributed by atoms with Gasteiger partial charge in [0, 0.05) is 49.2 Å². The van der Waals surface area contributed by atoms with E-state index < -0.39 is 6.29 Å². The Kier molecular flexibility index (Phi) is 8.99. The topological polar surface area (TPSA) is 122 Å². The number of hydrogen-bond donors (Lipinski definition) is 2. The number of methoxy groups -OCH3 is 2. The van der Waals surface area contributed by atoms with Crippen LogP contribution >= 0.6 is 0 Å². The summed E-state index contributed by atoms with van der Waals surface area (Å²) in [5.74, 6) is 2.34. The first kappa shape index (κ1) is 29.3. The highest BCUT2D eigenvalue weighted by Gasteiger charge is 2.53. The van der Waals surface area contributed by atoms with Crippen LogP contribution in [0.4, 0.5) is 0 Å². The largest absolute Gasteiger partial charge is 0.497 e. The summed E-state index contributed by atoms with van der Waals surface area (Å²) in [6.45, 7) is 1.21. The van der Waals surface area contributed by atoms with Gasteiger partial charge in [-0.15, -0.1) is 0 Å². The first-order chi connectivity index (χ1) is 20.4. The molecule has 0 amide bonds. The lowest BCUT2D eigenvalue weighted by molar-refractivity contribution is -0.238. The molecule has 2 saturated carbocycles. The van der Waals surface area contributed by atoms with E-state index in [0.29, 0.717) is 26.1 Å². The Bertz CT molecular complexity index is 1190. The number of esters is 1. The fraction of sp³-hybridized carbons (Fsp3) is 0.594. The van der Waals surface area contributed by atoms with Gasteiger partial charge in [-0.05, 0) is 35.7 Å². The lowest BCUT2D eigenvalue weighted by Crippen LogP contribution is -2.35. The van der Waals surface area contributed by atoms with Crippen molar-refractivity contribution < 1.29 is 48.2 Å². The van der Waals surface area contributed by atoms with E-state index in [4.69, 9.17) is 33.2 Å². The second kappa shape index (κ2) is 12.9. The van der Waals surface area contributed by atoms with Gasteiger partial charge < -0.3 is 43.4 Å². The Hall–Kier alpha value is -2.73. The fourth-order valence-electron chi connectivity index (χ4n) is 7.15. The maximum atomic E-state index is 11.4. The van der Waals surface area contributed by atoms with Crippen LogP contribution in [0.5, 0.6) is 11.5 Å². The Labute approximate surface area is 245 Å². The molecule has 5 aliphatic rings. The van der Waals surface area contributed by atoms with Gasteiger partial charge in [-0.3, -0.25) is 4.79 Å². The molecule has 3 saturated heterocycles. The Balaban J connectivity index is 0.000000150. The molecule has 5 fully saturated rings. The standard InChI is InChI=1S/C16H18O5.C16H22O5/c1-18-10-4-2-9(3-5-10)16-19-8-12-11-6-15(17)20-13(11)7-14(12)21-16;1-19-11-4-2-10(3-5-11)9-20-14-7-15-12(13(14)8-17)6-16(18)21-15/h2-5,11-14,16H,6-8H2,1H3;2-5,12-18H,6-9H2,1H3/t11-,12-,13?,14-,16?;12-,13-,14-,15?,16?/m11/s1. The molecule has 10 heteroatoms. The van der Waals surface area contributed by atoms with E-state index in [9.17, 15) is 15.0 Å². The van der Waals surface area contributed by atoms with Crippen molar-refractivity contribution in [3.05, 3.63) is 59.7 Å². The second-order valence-corrected chi connectivity index (χ2v) is 11.7. The highest BCUT2D eigenvalue weighted by atomic mass is 16.7. The zero-order valence-corrected chi connectivity index (χ0v) is 24.0. The highest BCUT2D eigenvalue weighted by Crippen LogP contribution is 2.47. The van der Waals surface area contributed by atoms with E-state index in [1.807, 2.05) is 48.5 Å². The van der Waals surface area contributed by atoms with Crippen LogP contribution in [-0.2, 0) is 35.1 Å². The molecule has 10 nitrogen and oxygen atoms in total. The molecule has 7 rings (SSSR count). The summed E-state index contributed by atoms with van der Waals surface area (Å²) in [7, 11) is 3.29. The summed E-state index contributed by atoms with van der Waals surface area (Å²) in [6.07, 6.45) is 1.74. The SMILES string of the molecule is COc1ccc(C2OC[C@H]3[C@@H](CC4OC(=O)C[C@@H]43)O2)cc1.COc1ccc(CO[C@@H]2CC3OC(O)C[C@@H]3[C@H]2CO)cc1. The van der Waals surface area contributed by atoms with Gasteiger partial charge in [-0.2, -0.15) is 0 Å². The van der Waals surface area contributed by atoms with E-state index in [-0.39, 0.29) is 67.0 Å². The molecule has 0 radical (unpaired) electrons. The first-order valence-corrected chi connectivity index (χ1v) is 14.7. The van der Waals surface area contributed by atoms with Crippen molar-refractivity contribution in [2.24, 2.45) is 23.7 Å². The zero-order chi connectivity index (χ0) is 29.2. The van der Waals surface area contributed by atoms with Gasteiger partial charge in [0.25, 0.3) is 0 Å². The van der Waals surface area contributed by atoms with E-state index in [2.05, 4.69) is 0 Å². The van der Waals surface area contributed by atoms with Crippen molar-refractivity contribution in [3.8, 4) is 11.5 Å². The highest BCUT2D eigenvalue weighted by molar-refractivity contribution is 5.72. The lowest BCUT2D eigenvalue weighted by atomic mass is 9.92. The summed E-state index contributed by atoms with van der Waals surface area (Å²) in [4.78, 5) is 11.4. The minimum absolute atomic E-state index is 0.0121. The normalized spacial score (nSPS) is 36.3. The molecule has 10 atom stereocenters. The van der Waals surface area contributed by atoms with E-state index in [1.54, 1.807) is 14.2 Å². The minimum atomic E-state index is -0.684. The smallest absolute Gasteiger partial charge is 0.306 e. The van der Waals surface area contributed by atoms with Gasteiger partial charge in [0.15, 0.2) is 12.6 Å². The number of aliphatic hydroxyl groups is 2. The van der Waals surface area contributed by atoms with Crippen molar-refractivity contribution in [1.82, 2.24) is 0 Å². The third-order valence-electron chi connectivity index (χ3n) is 9.39. The third kappa shape index (κ3) is 6.15. The van der Waals surface area contributed by atoms with Gasteiger partial charge in [0.2, 0.25) is 0 Å². The van der Waals surface area contributed by atoms with Crippen LogP contribution in [-0.4, -0.2) is 74.3 Å². The van der Waals surface area contributed by atoms with Crippen LogP contribution in [0.3, 0.4) is 0 Å². The molecule has 3 heterocycles. The van der Waals surface area contributed by atoms with Crippen LogP contribution < -0.4 is 9.47 Å². The second-order valence-electron chi connectivity index (χ2n) is 11.7. The lowest BCUT2D eigenvalue weighted by Gasteiger charge is -2.34. The summed E-state index contributed by atoms with van der Waals surface area (Å²) in [5, 5.41) is 19.1. The minimum Gasteiger partial charge on any atom is -0.497 e. The van der Waals surface area contributed by atoms with Gasteiger partial charge >= 0.3 is 5.97 Å². The van der Waals surface area contributed by atoms with Crippen LogP contribution in [0, 0.1) is 23.7 Å². The molecule has 228 valence electrons. The number of rotatable bonds is 7. The summed E-state index contributed by atoms with van der Waals surface area (Å²) in [6, 6.07) is 15.5. The Morgan fingerprint density at radius 3 is 2.21 bits per heavy atom. The van der Waals surface area contributed by atoms with Crippen molar-refractivity contribution >= 4 is 5.97 Å². The van der Waals surface area contributed by atoms with Crippen molar-refractivity contribution in [2.45, 2.75) is 69.3 Å². The zero-order valence-electron chi connectivity index (χ0n) is 24.0. The molecule has 2 aromatic carbocycles. The van der Waals surface area contributed by atoms with Gasteiger partial charge in [0.1, 0.15) is 17.6 Å². The van der Waals surface area contributed by atoms with Gasteiger partial charge in [0.05, 0.1) is 52.2 Å². The number of carbonyl (C=O) groups is 1. The molecule has 2 aliphatic carbocycles. The summed E-state index contributed by atoms with van der Waals surface area (Å²) in [5.41, 5.74) is 2.06. The van der Waals surface area contributed by atoms with Crippen molar-refractivity contribution in [3.63, 3.8) is 0 Å². The molecule has 0 spiro atoms. The van der Waals surface area contributed by atoms with Crippen molar-refractivity contribution in [1.29, 1.82) is 0 Å². The molecular formula is C32H40O10. The number of ether oxygens (including phenoxy) is 7. The molecule has 3 aliphatic heterocycles. The van der Waals surface area contributed by atoms with Crippen LogP contribution in [0.15, 0.2) is 48.5 Å². The van der Waals surface area contributed by atoms with Crippen LogP contribution in [0.1, 0.15) is 43.1 Å².